The molecule has 0 amide bonds. The smallest absolute Gasteiger partial charge is 0.277 e. The Bertz CT molecular complexity index is 750. The van der Waals surface area contributed by atoms with E-state index in [0.29, 0.717) is 18.0 Å². The van der Waals surface area contributed by atoms with Gasteiger partial charge in [0.2, 0.25) is 0 Å². The van der Waals surface area contributed by atoms with Crippen LogP contribution in [-0.4, -0.2) is 22.7 Å². The van der Waals surface area contributed by atoms with Crippen molar-refractivity contribution in [2.24, 2.45) is 11.7 Å². The van der Waals surface area contributed by atoms with Crippen LogP contribution in [0.1, 0.15) is 19.4 Å². The Morgan fingerprint density at radius 3 is 2.68 bits per heavy atom. The minimum absolute atomic E-state index is 0.150. The highest BCUT2D eigenvalue weighted by Gasteiger charge is 2.15. The van der Waals surface area contributed by atoms with E-state index in [1.165, 1.54) is 4.68 Å². The molecule has 0 aliphatic heterocycles. The molecule has 0 saturated heterocycles. The number of hydrogen-bond acceptors (Lipinski definition) is 4. The molecule has 0 atom stereocenters. The number of para-hydroxylation sites is 1. The van der Waals surface area contributed by atoms with Crippen molar-refractivity contribution in [1.82, 2.24) is 9.78 Å². The maximum Gasteiger partial charge on any atom is 0.277 e. The molecule has 0 aliphatic carbocycles. The zero-order valence-electron chi connectivity index (χ0n) is 13.0. The molecule has 1 heterocycles. The van der Waals surface area contributed by atoms with Gasteiger partial charge in [0.05, 0.1) is 18.4 Å². The van der Waals surface area contributed by atoms with Crippen LogP contribution in [0.5, 0.6) is 5.75 Å². The van der Waals surface area contributed by atoms with Crippen molar-refractivity contribution < 1.29 is 4.74 Å². The van der Waals surface area contributed by atoms with Crippen molar-refractivity contribution in [3.8, 4) is 17.0 Å². The fourth-order valence-corrected chi connectivity index (χ4v) is 2.19. The highest BCUT2D eigenvalue weighted by molar-refractivity contribution is 5.95. The second-order valence-electron chi connectivity index (χ2n) is 5.44. The topological polar surface area (TPSA) is 94.0 Å². The first kappa shape index (κ1) is 15.8. The van der Waals surface area contributed by atoms with E-state index in [1.807, 2.05) is 38.1 Å². The molecule has 0 fully saturated rings. The summed E-state index contributed by atoms with van der Waals surface area (Å²) in [6.45, 7) is 4.46. The Hall–Kier alpha value is -2.63. The van der Waals surface area contributed by atoms with Gasteiger partial charge in [-0.3, -0.25) is 10.2 Å². The molecular formula is C16H20N4O2. The van der Waals surface area contributed by atoms with Crippen molar-refractivity contribution >= 4 is 5.84 Å². The first-order valence-corrected chi connectivity index (χ1v) is 7.04. The minimum atomic E-state index is -0.347. The van der Waals surface area contributed by atoms with E-state index in [-0.39, 0.29) is 22.9 Å². The monoisotopic (exact) mass is 300 g/mol. The summed E-state index contributed by atoms with van der Waals surface area (Å²) in [5.74, 6) is 0.637. The van der Waals surface area contributed by atoms with Gasteiger partial charge in [0, 0.05) is 12.1 Å². The van der Waals surface area contributed by atoms with Gasteiger partial charge in [-0.05, 0) is 24.1 Å². The largest absolute Gasteiger partial charge is 0.496 e. The van der Waals surface area contributed by atoms with Crippen LogP contribution in [0, 0.1) is 11.3 Å². The van der Waals surface area contributed by atoms with Gasteiger partial charge < -0.3 is 10.5 Å². The molecule has 0 saturated carbocycles. The van der Waals surface area contributed by atoms with Crippen LogP contribution in [0.15, 0.2) is 35.1 Å². The number of nitrogen functional groups attached to an aromatic ring is 1. The standard InChI is InChI=1S/C16H20N4O2/c1-10(2)9-20-16(21)12(15(17)18)8-13(19-20)11-6-4-5-7-14(11)22-3/h4-8,10H,9H2,1-3H3,(H3,17,18). The number of benzene rings is 1. The molecule has 1 aromatic heterocycles. The van der Waals surface area contributed by atoms with Gasteiger partial charge in [0.25, 0.3) is 5.56 Å². The molecule has 0 aliphatic rings. The number of nitrogens with two attached hydrogens (primary N) is 1. The predicted octanol–water partition coefficient (Wildman–Crippen LogP) is 1.86. The SMILES string of the molecule is COc1ccccc1-c1cc(C(=N)N)c(=O)n(CC(C)C)n1. The summed E-state index contributed by atoms with van der Waals surface area (Å²) in [6, 6.07) is 8.94. The van der Waals surface area contributed by atoms with Gasteiger partial charge >= 0.3 is 0 Å². The third-order valence-corrected chi connectivity index (χ3v) is 3.19. The third-order valence-electron chi connectivity index (χ3n) is 3.19. The zero-order valence-corrected chi connectivity index (χ0v) is 13.0. The van der Waals surface area contributed by atoms with Crippen molar-refractivity contribution in [2.45, 2.75) is 20.4 Å². The van der Waals surface area contributed by atoms with E-state index in [2.05, 4.69) is 5.10 Å². The minimum Gasteiger partial charge on any atom is -0.496 e. The van der Waals surface area contributed by atoms with Crippen LogP contribution in [0.2, 0.25) is 0 Å². The number of methoxy groups -OCH3 is 1. The molecular weight excluding hydrogens is 280 g/mol. The summed E-state index contributed by atoms with van der Waals surface area (Å²) in [4.78, 5) is 12.3. The number of nitrogens with one attached hydrogen (secondary N) is 1. The molecule has 116 valence electrons. The highest BCUT2D eigenvalue weighted by atomic mass is 16.5. The quantitative estimate of drug-likeness (QED) is 0.651. The summed E-state index contributed by atoms with van der Waals surface area (Å²) in [7, 11) is 1.58. The van der Waals surface area contributed by atoms with E-state index < -0.39 is 0 Å². The number of amidine groups is 1. The Labute approximate surface area is 129 Å². The second-order valence-corrected chi connectivity index (χ2v) is 5.44. The molecule has 2 rings (SSSR count). The van der Waals surface area contributed by atoms with Gasteiger partial charge in [-0.15, -0.1) is 0 Å². The molecule has 2 aromatic rings. The molecule has 22 heavy (non-hydrogen) atoms. The first-order chi connectivity index (χ1) is 10.4. The van der Waals surface area contributed by atoms with E-state index in [9.17, 15) is 4.79 Å². The maximum absolute atomic E-state index is 12.3. The number of nitrogens with zero attached hydrogens (tertiary/aromatic N) is 2. The lowest BCUT2D eigenvalue weighted by Gasteiger charge is -2.13. The van der Waals surface area contributed by atoms with Crippen LogP contribution < -0.4 is 16.0 Å². The molecule has 1 aromatic carbocycles. The van der Waals surface area contributed by atoms with Gasteiger partial charge in [-0.25, -0.2) is 4.68 Å². The molecule has 3 N–H and O–H groups in total. The second kappa shape index (κ2) is 6.43. The lowest BCUT2D eigenvalue weighted by molar-refractivity contribution is 0.415. The first-order valence-electron chi connectivity index (χ1n) is 7.04. The molecule has 6 heteroatoms. The van der Waals surface area contributed by atoms with E-state index in [4.69, 9.17) is 15.9 Å². The zero-order chi connectivity index (χ0) is 16.3. The summed E-state index contributed by atoms with van der Waals surface area (Å²) in [5.41, 5.74) is 6.66. The Kier molecular flexibility index (Phi) is 4.60. The number of rotatable bonds is 5. The average molecular weight is 300 g/mol. The number of ether oxygens (including phenoxy) is 1. The van der Waals surface area contributed by atoms with Gasteiger partial charge in [-0.1, -0.05) is 26.0 Å². The van der Waals surface area contributed by atoms with Crippen molar-refractivity contribution in [3.05, 3.63) is 46.2 Å². The van der Waals surface area contributed by atoms with Gasteiger partial charge in [0.1, 0.15) is 11.6 Å². The summed E-state index contributed by atoms with van der Waals surface area (Å²) in [6.07, 6.45) is 0. The van der Waals surface area contributed by atoms with Gasteiger partial charge in [0.15, 0.2) is 0 Å². The molecule has 0 unspecified atom stereocenters. The fourth-order valence-electron chi connectivity index (χ4n) is 2.19. The fraction of sp³-hybridized carbons (Fsp3) is 0.312. The van der Waals surface area contributed by atoms with Gasteiger partial charge in [-0.2, -0.15) is 5.10 Å². The van der Waals surface area contributed by atoms with E-state index in [0.717, 1.165) is 5.56 Å². The normalized spacial score (nSPS) is 10.7. The van der Waals surface area contributed by atoms with Crippen LogP contribution in [0.4, 0.5) is 0 Å². The third kappa shape index (κ3) is 3.16. The Morgan fingerprint density at radius 2 is 2.09 bits per heavy atom. The van der Waals surface area contributed by atoms with Crippen LogP contribution in [0.3, 0.4) is 0 Å². The van der Waals surface area contributed by atoms with Crippen molar-refractivity contribution in [1.29, 1.82) is 5.41 Å². The van der Waals surface area contributed by atoms with E-state index in [1.54, 1.807) is 13.2 Å². The van der Waals surface area contributed by atoms with Crippen molar-refractivity contribution in [3.63, 3.8) is 0 Å². The molecule has 0 bridgehead atoms. The maximum atomic E-state index is 12.3. The Balaban J connectivity index is 2.68. The summed E-state index contributed by atoms with van der Waals surface area (Å²) < 4.78 is 6.70. The lowest BCUT2D eigenvalue weighted by atomic mass is 10.1. The Morgan fingerprint density at radius 1 is 1.41 bits per heavy atom. The summed E-state index contributed by atoms with van der Waals surface area (Å²) >= 11 is 0. The lowest BCUT2D eigenvalue weighted by Crippen LogP contribution is -2.32. The van der Waals surface area contributed by atoms with Crippen LogP contribution in [0.25, 0.3) is 11.3 Å². The van der Waals surface area contributed by atoms with Crippen molar-refractivity contribution in [2.75, 3.05) is 7.11 Å². The number of hydrogen-bond donors (Lipinski definition) is 2. The van der Waals surface area contributed by atoms with E-state index >= 15 is 0 Å². The summed E-state index contributed by atoms with van der Waals surface area (Å²) in [5, 5.41) is 12.0. The predicted molar refractivity (Wildman–Crippen MR) is 86.3 cm³/mol. The van der Waals surface area contributed by atoms with Crippen LogP contribution in [-0.2, 0) is 6.54 Å². The highest BCUT2D eigenvalue weighted by Crippen LogP contribution is 2.27. The number of aromatic nitrogens is 2. The molecule has 0 spiro atoms. The molecule has 6 nitrogen and oxygen atoms in total. The van der Waals surface area contributed by atoms with Crippen LogP contribution >= 0.6 is 0 Å². The average Bonchev–Trinajstić information content (AvgIpc) is 2.48. The molecule has 0 radical (unpaired) electrons.